The SMILES string of the molecule is CC.c1ccc2c(c1)CSc1ccccc1-2. The Labute approximate surface area is 102 Å². The normalized spacial score (nSPS) is 11.9. The summed E-state index contributed by atoms with van der Waals surface area (Å²) in [6.45, 7) is 4.00. The van der Waals surface area contributed by atoms with Gasteiger partial charge in [0.1, 0.15) is 0 Å². The van der Waals surface area contributed by atoms with Crippen LogP contribution in [0.1, 0.15) is 19.4 Å². The van der Waals surface area contributed by atoms with Gasteiger partial charge < -0.3 is 0 Å². The molecular formula is C15H16S. The van der Waals surface area contributed by atoms with Crippen molar-refractivity contribution in [2.45, 2.75) is 24.5 Å². The van der Waals surface area contributed by atoms with E-state index < -0.39 is 0 Å². The van der Waals surface area contributed by atoms with E-state index in [1.165, 1.54) is 21.6 Å². The molecule has 0 radical (unpaired) electrons. The molecule has 3 rings (SSSR count). The number of rotatable bonds is 0. The van der Waals surface area contributed by atoms with E-state index in [0.717, 1.165) is 5.75 Å². The van der Waals surface area contributed by atoms with Gasteiger partial charge in [0.25, 0.3) is 0 Å². The molecule has 1 heterocycles. The van der Waals surface area contributed by atoms with E-state index in [1.807, 2.05) is 25.6 Å². The van der Waals surface area contributed by atoms with Crippen molar-refractivity contribution in [1.29, 1.82) is 0 Å². The van der Waals surface area contributed by atoms with Crippen LogP contribution in [-0.2, 0) is 5.75 Å². The van der Waals surface area contributed by atoms with E-state index in [2.05, 4.69) is 48.5 Å². The molecule has 16 heavy (non-hydrogen) atoms. The third kappa shape index (κ3) is 2.00. The fourth-order valence-corrected chi connectivity index (χ4v) is 2.95. The minimum atomic E-state index is 1.10. The van der Waals surface area contributed by atoms with Gasteiger partial charge in [-0.1, -0.05) is 56.3 Å². The summed E-state index contributed by atoms with van der Waals surface area (Å²) in [6.07, 6.45) is 0. The molecule has 2 aromatic rings. The molecule has 1 heteroatoms. The number of hydrogen-bond acceptors (Lipinski definition) is 1. The molecule has 0 aliphatic carbocycles. The van der Waals surface area contributed by atoms with Gasteiger partial charge in [0.2, 0.25) is 0 Å². The van der Waals surface area contributed by atoms with Gasteiger partial charge in [-0.15, -0.1) is 11.8 Å². The fourth-order valence-electron chi connectivity index (χ4n) is 1.88. The van der Waals surface area contributed by atoms with Crippen LogP contribution in [0.4, 0.5) is 0 Å². The fraction of sp³-hybridized carbons (Fsp3) is 0.200. The lowest BCUT2D eigenvalue weighted by Gasteiger charge is -2.18. The van der Waals surface area contributed by atoms with Crippen LogP contribution in [0.25, 0.3) is 11.1 Å². The molecule has 0 aromatic heterocycles. The smallest absolute Gasteiger partial charge is 0.0238 e. The van der Waals surface area contributed by atoms with Crippen LogP contribution in [0, 0.1) is 0 Å². The van der Waals surface area contributed by atoms with Crippen molar-refractivity contribution in [3.8, 4) is 11.1 Å². The first-order chi connectivity index (χ1) is 7.95. The highest BCUT2D eigenvalue weighted by Crippen LogP contribution is 2.40. The van der Waals surface area contributed by atoms with Crippen molar-refractivity contribution in [1.82, 2.24) is 0 Å². The summed E-state index contributed by atoms with van der Waals surface area (Å²) in [5.74, 6) is 1.10. The topological polar surface area (TPSA) is 0 Å². The van der Waals surface area contributed by atoms with E-state index in [0.29, 0.717) is 0 Å². The summed E-state index contributed by atoms with van der Waals surface area (Å²) >= 11 is 1.93. The average Bonchev–Trinajstić information content (AvgIpc) is 2.41. The predicted molar refractivity (Wildman–Crippen MR) is 72.8 cm³/mol. The Bertz CT molecular complexity index is 429. The van der Waals surface area contributed by atoms with Crippen LogP contribution in [0.2, 0.25) is 0 Å². The van der Waals surface area contributed by atoms with Gasteiger partial charge in [0.15, 0.2) is 0 Å². The summed E-state index contributed by atoms with van der Waals surface area (Å²) in [6, 6.07) is 17.3. The van der Waals surface area contributed by atoms with Crippen LogP contribution in [0.15, 0.2) is 53.4 Å². The molecule has 0 amide bonds. The molecule has 0 spiro atoms. The maximum Gasteiger partial charge on any atom is 0.0238 e. The van der Waals surface area contributed by atoms with E-state index >= 15 is 0 Å². The molecule has 0 unspecified atom stereocenters. The standard InChI is InChI=1S/C13H10S.C2H6/c1-2-6-11-10(5-1)9-14-13-8-4-3-7-12(11)13;1-2/h1-8H,9H2;1-2H3. The Morgan fingerprint density at radius 2 is 1.44 bits per heavy atom. The quantitative estimate of drug-likeness (QED) is 0.612. The summed E-state index contributed by atoms with van der Waals surface area (Å²) in [7, 11) is 0. The lowest BCUT2D eigenvalue weighted by atomic mass is 10.0. The van der Waals surface area contributed by atoms with Crippen LogP contribution in [0.5, 0.6) is 0 Å². The maximum atomic E-state index is 2.22. The summed E-state index contributed by atoms with van der Waals surface area (Å²) in [5.41, 5.74) is 4.25. The van der Waals surface area contributed by atoms with Crippen molar-refractivity contribution in [3.63, 3.8) is 0 Å². The first-order valence-electron chi connectivity index (χ1n) is 5.75. The average molecular weight is 228 g/mol. The highest BCUT2D eigenvalue weighted by atomic mass is 32.2. The van der Waals surface area contributed by atoms with E-state index in [1.54, 1.807) is 0 Å². The van der Waals surface area contributed by atoms with E-state index in [-0.39, 0.29) is 0 Å². The number of hydrogen-bond donors (Lipinski definition) is 0. The zero-order valence-corrected chi connectivity index (χ0v) is 10.6. The third-order valence-electron chi connectivity index (χ3n) is 2.58. The van der Waals surface area contributed by atoms with Gasteiger partial charge in [0, 0.05) is 10.6 Å². The van der Waals surface area contributed by atoms with Crippen LogP contribution in [0.3, 0.4) is 0 Å². The molecule has 0 atom stereocenters. The second-order valence-corrected chi connectivity index (χ2v) is 4.46. The Hall–Kier alpha value is -1.21. The van der Waals surface area contributed by atoms with E-state index in [9.17, 15) is 0 Å². The molecule has 0 nitrogen and oxygen atoms in total. The minimum Gasteiger partial charge on any atom is -0.121 e. The molecule has 1 aliphatic rings. The van der Waals surface area contributed by atoms with Crippen molar-refractivity contribution in [2.24, 2.45) is 0 Å². The molecule has 0 saturated heterocycles. The Morgan fingerprint density at radius 1 is 0.812 bits per heavy atom. The molecule has 82 valence electrons. The Balaban J connectivity index is 0.000000457. The van der Waals surface area contributed by atoms with Crippen LogP contribution in [-0.4, -0.2) is 0 Å². The zero-order valence-electron chi connectivity index (χ0n) is 9.73. The highest BCUT2D eigenvalue weighted by Gasteiger charge is 2.14. The van der Waals surface area contributed by atoms with Crippen molar-refractivity contribution in [3.05, 3.63) is 54.1 Å². The summed E-state index contributed by atoms with van der Waals surface area (Å²) in [5, 5.41) is 0. The highest BCUT2D eigenvalue weighted by molar-refractivity contribution is 7.98. The molecule has 1 aliphatic heterocycles. The first-order valence-corrected chi connectivity index (χ1v) is 6.74. The van der Waals surface area contributed by atoms with Gasteiger partial charge in [0.05, 0.1) is 0 Å². The largest absolute Gasteiger partial charge is 0.121 e. The van der Waals surface area contributed by atoms with Crippen molar-refractivity contribution in [2.75, 3.05) is 0 Å². The van der Waals surface area contributed by atoms with E-state index in [4.69, 9.17) is 0 Å². The monoisotopic (exact) mass is 228 g/mol. The molecule has 0 saturated carbocycles. The lowest BCUT2D eigenvalue weighted by molar-refractivity contribution is 1.32. The first kappa shape index (κ1) is 11.3. The van der Waals surface area contributed by atoms with Gasteiger partial charge in [-0.25, -0.2) is 0 Å². The zero-order chi connectivity index (χ0) is 11.4. The Morgan fingerprint density at radius 3 is 2.25 bits per heavy atom. The third-order valence-corrected chi connectivity index (χ3v) is 3.70. The minimum absolute atomic E-state index is 1.10. The summed E-state index contributed by atoms with van der Waals surface area (Å²) in [4.78, 5) is 1.41. The molecule has 0 fully saturated rings. The van der Waals surface area contributed by atoms with Crippen LogP contribution < -0.4 is 0 Å². The molecule has 0 bridgehead atoms. The van der Waals surface area contributed by atoms with Gasteiger partial charge in [-0.2, -0.15) is 0 Å². The maximum absolute atomic E-state index is 2.22. The predicted octanol–water partition coefficient (Wildman–Crippen LogP) is 4.99. The molecule has 0 N–H and O–H groups in total. The van der Waals surface area contributed by atoms with Crippen molar-refractivity contribution < 1.29 is 0 Å². The van der Waals surface area contributed by atoms with Gasteiger partial charge in [-0.05, 0) is 22.8 Å². The second kappa shape index (κ2) is 5.22. The van der Waals surface area contributed by atoms with Crippen molar-refractivity contribution >= 4 is 11.8 Å². The molecule has 2 aromatic carbocycles. The number of fused-ring (bicyclic) bond motifs is 3. The second-order valence-electron chi connectivity index (χ2n) is 3.44. The Kier molecular flexibility index (Phi) is 3.68. The lowest BCUT2D eigenvalue weighted by Crippen LogP contribution is -1.94. The van der Waals surface area contributed by atoms with Gasteiger partial charge >= 0.3 is 0 Å². The summed E-state index contributed by atoms with van der Waals surface area (Å²) < 4.78 is 0. The van der Waals surface area contributed by atoms with Crippen LogP contribution >= 0.6 is 11.8 Å². The number of benzene rings is 2. The van der Waals surface area contributed by atoms with Gasteiger partial charge in [-0.3, -0.25) is 0 Å². The molecular weight excluding hydrogens is 212 g/mol. The number of thioether (sulfide) groups is 1.